The zero-order chi connectivity index (χ0) is 30.4. The molecular weight excluding hydrogens is 566 g/mol. The Hall–Kier alpha value is -3.60. The maximum absolute atomic E-state index is 16.7. The van der Waals surface area contributed by atoms with E-state index in [2.05, 4.69) is 9.88 Å². The van der Waals surface area contributed by atoms with Crippen molar-refractivity contribution >= 4 is 27.5 Å². The maximum Gasteiger partial charge on any atom is 0.319 e. The van der Waals surface area contributed by atoms with Gasteiger partial charge in [0.25, 0.3) is 0 Å². The molecule has 232 valence electrons. The van der Waals surface area contributed by atoms with Crippen molar-refractivity contribution < 1.29 is 28.5 Å². The Morgan fingerprint density at radius 3 is 2.61 bits per heavy atom. The van der Waals surface area contributed by atoms with Crippen molar-refractivity contribution in [2.45, 2.75) is 45.1 Å². The van der Waals surface area contributed by atoms with Gasteiger partial charge < -0.3 is 24.6 Å². The molecule has 0 radical (unpaired) electrons. The molecule has 3 aromatic carbocycles. The van der Waals surface area contributed by atoms with Crippen LogP contribution in [0.15, 0.2) is 36.4 Å². The molecule has 0 amide bonds. The summed E-state index contributed by atoms with van der Waals surface area (Å²) in [4.78, 5) is 13.8. The summed E-state index contributed by atoms with van der Waals surface area (Å²) in [5, 5.41) is 22.7. The number of hydrogen-bond donors (Lipinski definition) is 2. The van der Waals surface area contributed by atoms with Gasteiger partial charge in [-0.15, -0.1) is 0 Å². The van der Waals surface area contributed by atoms with Gasteiger partial charge in [0.15, 0.2) is 5.82 Å². The van der Waals surface area contributed by atoms with E-state index in [9.17, 15) is 14.6 Å². The number of piperidine rings is 1. The minimum Gasteiger partial charge on any atom is -0.508 e. The number of aryl methyl sites for hydroxylation is 1. The number of fused-ring (bicyclic) bond motifs is 2. The molecule has 1 aliphatic carbocycles. The fraction of sp³-hybridized carbons (Fsp3) is 0.471. The third-order valence-electron chi connectivity index (χ3n) is 9.39. The second-order valence-corrected chi connectivity index (χ2v) is 12.5. The highest BCUT2D eigenvalue weighted by molar-refractivity contribution is 6.03. The number of phenolic OH excluding ortho intramolecular Hbond substituents is 1. The minimum atomic E-state index is -0.596. The number of phenols is 1. The Kier molecular flexibility index (Phi) is 7.76. The van der Waals surface area contributed by atoms with Gasteiger partial charge in [-0.1, -0.05) is 19.1 Å². The maximum atomic E-state index is 16.7. The number of halogens is 2. The van der Waals surface area contributed by atoms with E-state index in [0.717, 1.165) is 52.1 Å². The Morgan fingerprint density at radius 2 is 1.86 bits per heavy atom. The Morgan fingerprint density at radius 1 is 1.05 bits per heavy atom. The molecule has 2 saturated heterocycles. The van der Waals surface area contributed by atoms with E-state index in [4.69, 9.17) is 14.5 Å². The number of morpholine rings is 1. The summed E-state index contributed by atoms with van der Waals surface area (Å²) in [6.07, 6.45) is 3.47. The van der Waals surface area contributed by atoms with Gasteiger partial charge in [0.2, 0.25) is 0 Å². The van der Waals surface area contributed by atoms with Crippen molar-refractivity contribution in [3.05, 3.63) is 53.6 Å². The first-order chi connectivity index (χ1) is 21.3. The lowest BCUT2D eigenvalue weighted by Crippen LogP contribution is -2.41. The summed E-state index contributed by atoms with van der Waals surface area (Å²) >= 11 is 0. The van der Waals surface area contributed by atoms with Crippen molar-refractivity contribution in [2.24, 2.45) is 5.41 Å². The van der Waals surface area contributed by atoms with E-state index in [-0.39, 0.29) is 34.1 Å². The average Bonchev–Trinajstić information content (AvgIpc) is 3.79. The molecule has 7 rings (SSSR count). The van der Waals surface area contributed by atoms with Crippen LogP contribution in [0.1, 0.15) is 38.2 Å². The molecule has 3 heterocycles. The van der Waals surface area contributed by atoms with E-state index in [1.807, 2.05) is 11.8 Å². The fourth-order valence-electron chi connectivity index (χ4n) is 6.82. The van der Waals surface area contributed by atoms with Gasteiger partial charge in [0, 0.05) is 49.1 Å². The number of rotatable bonds is 8. The van der Waals surface area contributed by atoms with Crippen LogP contribution in [0.25, 0.3) is 32.8 Å². The van der Waals surface area contributed by atoms with Crippen LogP contribution in [-0.4, -0.2) is 83.7 Å². The van der Waals surface area contributed by atoms with Crippen LogP contribution in [-0.2, 0) is 11.2 Å². The van der Waals surface area contributed by atoms with E-state index in [1.54, 1.807) is 24.3 Å². The van der Waals surface area contributed by atoms with Crippen molar-refractivity contribution in [2.75, 3.05) is 57.4 Å². The zero-order valence-electron chi connectivity index (χ0n) is 25.0. The number of β-amino-alcohol motifs (C(OH)–C–C–N with tert-alkyl or cyclic N) is 1. The van der Waals surface area contributed by atoms with E-state index in [1.165, 1.54) is 12.1 Å². The third-order valence-corrected chi connectivity index (χ3v) is 9.39. The fourth-order valence-corrected chi connectivity index (χ4v) is 6.82. The molecule has 10 heteroatoms. The van der Waals surface area contributed by atoms with Gasteiger partial charge >= 0.3 is 6.01 Å². The van der Waals surface area contributed by atoms with Crippen LogP contribution in [0.4, 0.5) is 14.6 Å². The van der Waals surface area contributed by atoms with E-state index < -0.39 is 11.9 Å². The SMILES string of the molecule is CCc1c(F)ccc2cc(O)cc(-c3ccc4c(N5CCCC(O)C5)nc(OCC5(CN6CCOCC6)CC5)nc4c3F)c12. The van der Waals surface area contributed by atoms with Gasteiger partial charge in [0.1, 0.15) is 22.9 Å². The lowest BCUT2D eigenvalue weighted by molar-refractivity contribution is 0.0231. The molecular formula is C34H38F2N4O4. The first-order valence-electron chi connectivity index (χ1n) is 15.6. The highest BCUT2D eigenvalue weighted by atomic mass is 19.1. The highest BCUT2D eigenvalue weighted by Gasteiger charge is 2.45. The molecule has 1 aromatic heterocycles. The van der Waals surface area contributed by atoms with Crippen LogP contribution in [0, 0.1) is 17.0 Å². The number of hydrogen-bond acceptors (Lipinski definition) is 8. The molecule has 1 unspecified atom stereocenters. The summed E-state index contributed by atoms with van der Waals surface area (Å²) in [5.41, 5.74) is 1.17. The Labute approximate surface area is 255 Å². The van der Waals surface area contributed by atoms with Gasteiger partial charge in [-0.25, -0.2) is 8.78 Å². The minimum absolute atomic E-state index is 0.0125. The summed E-state index contributed by atoms with van der Waals surface area (Å²) in [5.74, 6) is -0.483. The second kappa shape index (κ2) is 11.7. The van der Waals surface area contributed by atoms with Crippen LogP contribution in [0.5, 0.6) is 11.8 Å². The number of benzene rings is 3. The van der Waals surface area contributed by atoms with Gasteiger partial charge in [-0.2, -0.15) is 9.97 Å². The predicted molar refractivity (Wildman–Crippen MR) is 165 cm³/mol. The third kappa shape index (κ3) is 5.55. The Bertz CT molecular complexity index is 1710. The van der Waals surface area contributed by atoms with Crippen LogP contribution >= 0.6 is 0 Å². The number of aromatic nitrogens is 2. The summed E-state index contributed by atoms with van der Waals surface area (Å²) in [6.45, 7) is 7.51. The number of aliphatic hydroxyl groups is 1. The first-order valence-corrected chi connectivity index (χ1v) is 15.6. The monoisotopic (exact) mass is 604 g/mol. The first kappa shape index (κ1) is 29.1. The molecule has 1 saturated carbocycles. The van der Waals surface area contributed by atoms with E-state index >= 15 is 4.39 Å². The molecule has 2 N–H and O–H groups in total. The van der Waals surface area contributed by atoms with Crippen molar-refractivity contribution in [3.63, 3.8) is 0 Å². The number of nitrogens with zero attached hydrogens (tertiary/aromatic N) is 4. The summed E-state index contributed by atoms with van der Waals surface area (Å²) in [7, 11) is 0. The predicted octanol–water partition coefficient (Wildman–Crippen LogP) is 5.45. The largest absolute Gasteiger partial charge is 0.508 e. The molecule has 44 heavy (non-hydrogen) atoms. The second-order valence-electron chi connectivity index (χ2n) is 12.5. The quantitative estimate of drug-likeness (QED) is 0.275. The van der Waals surface area contributed by atoms with Crippen molar-refractivity contribution in [3.8, 4) is 22.9 Å². The molecule has 4 aromatic rings. The topological polar surface area (TPSA) is 91.2 Å². The molecule has 8 nitrogen and oxygen atoms in total. The molecule has 0 bridgehead atoms. The Balaban J connectivity index is 1.31. The normalized spacial score (nSPS) is 20.4. The standard InChI is InChI=1S/C34H38F2N4O4/c1-2-24-28(35)8-5-21-16-23(42)17-27(29(21)24)25-6-7-26-31(30(25)36)37-33(38-32(26)40-11-3-4-22(41)18-40)44-20-34(9-10-34)19-39-12-14-43-15-13-39/h5-8,16-17,22,41-42H,2-4,9-15,18-20H2,1H3. The van der Waals surface area contributed by atoms with Gasteiger partial charge in [-0.05, 0) is 78.3 Å². The highest BCUT2D eigenvalue weighted by Crippen LogP contribution is 2.47. The summed E-state index contributed by atoms with van der Waals surface area (Å²) in [6, 6.07) is 9.54. The smallest absolute Gasteiger partial charge is 0.319 e. The van der Waals surface area contributed by atoms with Gasteiger partial charge in [0.05, 0.1) is 25.9 Å². The molecule has 3 aliphatic rings. The number of ether oxygens (including phenoxy) is 2. The van der Waals surface area contributed by atoms with Crippen molar-refractivity contribution in [1.82, 2.24) is 14.9 Å². The number of aromatic hydroxyl groups is 1. The zero-order valence-corrected chi connectivity index (χ0v) is 25.0. The summed E-state index contributed by atoms with van der Waals surface area (Å²) < 4.78 is 43.4. The van der Waals surface area contributed by atoms with Crippen molar-refractivity contribution in [1.29, 1.82) is 0 Å². The number of anilines is 1. The molecule has 1 atom stereocenters. The average molecular weight is 605 g/mol. The lowest BCUT2D eigenvalue weighted by atomic mass is 9.92. The van der Waals surface area contributed by atoms with E-state index in [0.29, 0.717) is 65.6 Å². The lowest BCUT2D eigenvalue weighted by Gasteiger charge is -2.32. The van der Waals surface area contributed by atoms with Crippen LogP contribution < -0.4 is 9.64 Å². The molecule has 3 fully saturated rings. The molecule has 0 spiro atoms. The van der Waals surface area contributed by atoms with Gasteiger partial charge in [-0.3, -0.25) is 4.90 Å². The molecule has 2 aliphatic heterocycles. The van der Waals surface area contributed by atoms with Crippen LogP contribution in [0.2, 0.25) is 0 Å². The van der Waals surface area contributed by atoms with Crippen LogP contribution in [0.3, 0.4) is 0 Å². The number of aliphatic hydroxyl groups excluding tert-OH is 1.